The van der Waals surface area contributed by atoms with E-state index < -0.39 is 6.10 Å². The molecule has 152 valence electrons. The number of hydrogen-bond donors (Lipinski definition) is 2. The molecule has 1 atom stereocenters. The third-order valence-corrected chi connectivity index (χ3v) is 5.58. The van der Waals surface area contributed by atoms with Crippen LogP contribution in [0.2, 0.25) is 0 Å². The highest BCUT2D eigenvalue weighted by atomic mass is 16.5. The van der Waals surface area contributed by atoms with Crippen LogP contribution in [0.25, 0.3) is 21.9 Å². The minimum Gasteiger partial charge on any atom is -0.490 e. The van der Waals surface area contributed by atoms with Crippen molar-refractivity contribution >= 4 is 10.8 Å². The number of H-pyrrole nitrogens is 1. The van der Waals surface area contributed by atoms with Crippen LogP contribution < -0.4 is 10.3 Å². The quantitative estimate of drug-likeness (QED) is 0.670. The number of β-amino-alcohol motifs (C(OH)–C–C–N with tert-alkyl or cyclic N) is 1. The molecule has 2 heterocycles. The number of rotatable bonds is 6. The molecule has 0 radical (unpaired) electrons. The van der Waals surface area contributed by atoms with E-state index >= 15 is 0 Å². The van der Waals surface area contributed by atoms with E-state index in [1.165, 1.54) is 31.7 Å². The lowest BCUT2D eigenvalue weighted by Crippen LogP contribution is -2.36. The van der Waals surface area contributed by atoms with Crippen molar-refractivity contribution in [1.29, 1.82) is 0 Å². The van der Waals surface area contributed by atoms with Crippen LogP contribution >= 0.6 is 0 Å². The Morgan fingerprint density at radius 1 is 0.966 bits per heavy atom. The summed E-state index contributed by atoms with van der Waals surface area (Å²) in [4.78, 5) is 16.5. The van der Waals surface area contributed by atoms with Gasteiger partial charge in [-0.25, -0.2) is 0 Å². The molecule has 0 amide bonds. The second-order valence-corrected chi connectivity index (χ2v) is 7.78. The Morgan fingerprint density at radius 2 is 1.72 bits per heavy atom. The predicted octanol–water partition coefficient (Wildman–Crippen LogP) is 3.81. The van der Waals surface area contributed by atoms with E-state index in [4.69, 9.17) is 4.74 Å². The number of aromatic nitrogens is 1. The van der Waals surface area contributed by atoms with Crippen LogP contribution in [-0.4, -0.2) is 47.3 Å². The van der Waals surface area contributed by atoms with Gasteiger partial charge in [-0.2, -0.15) is 0 Å². The van der Waals surface area contributed by atoms with E-state index in [0.717, 1.165) is 40.7 Å². The van der Waals surface area contributed by atoms with Crippen molar-refractivity contribution in [1.82, 2.24) is 9.88 Å². The highest BCUT2D eigenvalue weighted by Gasteiger charge is 2.15. The molecule has 3 aromatic rings. The molecule has 0 bridgehead atoms. The number of nitrogens with zero attached hydrogens (tertiary/aromatic N) is 1. The van der Waals surface area contributed by atoms with Crippen molar-refractivity contribution in [3.63, 3.8) is 0 Å². The summed E-state index contributed by atoms with van der Waals surface area (Å²) in [5, 5.41) is 12.5. The standard InChI is InChI=1S/C24H28N2O3/c27-19(16-26-13-5-1-2-6-14-26)17-29-23-11-10-20(18-9-12-24(28)25-15-18)21-7-3-4-8-22(21)23/h3-4,7-12,15,19,27H,1-2,5-6,13-14,16-17H2,(H,25,28). The van der Waals surface area contributed by atoms with Gasteiger partial charge in [0.1, 0.15) is 18.5 Å². The Bertz CT molecular complexity index is 986. The Kier molecular flexibility index (Phi) is 6.27. The fourth-order valence-corrected chi connectivity index (χ4v) is 4.08. The monoisotopic (exact) mass is 392 g/mol. The number of fused-ring (bicyclic) bond motifs is 1. The number of aliphatic hydroxyl groups excluding tert-OH is 1. The summed E-state index contributed by atoms with van der Waals surface area (Å²) in [5.74, 6) is 0.767. The number of likely N-dealkylation sites (tertiary alicyclic amines) is 1. The maximum absolute atomic E-state index is 11.4. The van der Waals surface area contributed by atoms with E-state index in [1.54, 1.807) is 6.20 Å². The number of benzene rings is 2. The molecule has 2 aromatic carbocycles. The molecule has 1 unspecified atom stereocenters. The van der Waals surface area contributed by atoms with Gasteiger partial charge in [0, 0.05) is 24.2 Å². The largest absolute Gasteiger partial charge is 0.490 e. The third kappa shape index (κ3) is 4.86. The van der Waals surface area contributed by atoms with Crippen LogP contribution in [0.3, 0.4) is 0 Å². The molecular formula is C24H28N2O3. The van der Waals surface area contributed by atoms with Crippen molar-refractivity contribution < 1.29 is 9.84 Å². The first-order chi connectivity index (χ1) is 14.2. The average Bonchev–Trinajstić information content (AvgIpc) is 3.01. The van der Waals surface area contributed by atoms with Crippen molar-refractivity contribution in [2.45, 2.75) is 31.8 Å². The molecule has 5 heteroatoms. The number of aliphatic hydroxyl groups is 1. The number of nitrogens with one attached hydrogen (secondary N) is 1. The molecule has 0 aliphatic carbocycles. The fraction of sp³-hybridized carbons (Fsp3) is 0.375. The Balaban J connectivity index is 1.50. The molecule has 1 fully saturated rings. The second-order valence-electron chi connectivity index (χ2n) is 7.78. The van der Waals surface area contributed by atoms with Gasteiger partial charge in [0.15, 0.2) is 0 Å². The minimum absolute atomic E-state index is 0.114. The van der Waals surface area contributed by atoms with Gasteiger partial charge in [-0.1, -0.05) is 37.1 Å². The van der Waals surface area contributed by atoms with E-state index in [0.29, 0.717) is 6.54 Å². The van der Waals surface area contributed by atoms with Gasteiger partial charge in [0.2, 0.25) is 5.56 Å². The first-order valence-electron chi connectivity index (χ1n) is 10.4. The van der Waals surface area contributed by atoms with Crippen molar-refractivity contribution in [3.05, 3.63) is 65.1 Å². The molecule has 5 nitrogen and oxygen atoms in total. The van der Waals surface area contributed by atoms with Gasteiger partial charge in [-0.3, -0.25) is 4.79 Å². The topological polar surface area (TPSA) is 65.6 Å². The molecule has 2 N–H and O–H groups in total. The van der Waals surface area contributed by atoms with E-state index in [2.05, 4.69) is 16.0 Å². The van der Waals surface area contributed by atoms with Gasteiger partial charge in [-0.15, -0.1) is 0 Å². The Hall–Kier alpha value is -2.63. The second kappa shape index (κ2) is 9.25. The summed E-state index contributed by atoms with van der Waals surface area (Å²) in [6, 6.07) is 15.4. The van der Waals surface area contributed by atoms with Gasteiger partial charge in [0.05, 0.1) is 0 Å². The zero-order chi connectivity index (χ0) is 20.1. The molecule has 1 aromatic heterocycles. The van der Waals surface area contributed by atoms with Crippen LogP contribution in [0.5, 0.6) is 5.75 Å². The minimum atomic E-state index is -0.509. The van der Waals surface area contributed by atoms with Crippen LogP contribution in [0.4, 0.5) is 0 Å². The van der Waals surface area contributed by atoms with Gasteiger partial charge >= 0.3 is 0 Å². The zero-order valence-corrected chi connectivity index (χ0v) is 16.6. The summed E-state index contributed by atoms with van der Waals surface area (Å²) >= 11 is 0. The highest BCUT2D eigenvalue weighted by Crippen LogP contribution is 2.34. The zero-order valence-electron chi connectivity index (χ0n) is 16.6. The van der Waals surface area contributed by atoms with Crippen molar-refractivity contribution in [2.24, 2.45) is 0 Å². The molecule has 1 aliphatic rings. The van der Waals surface area contributed by atoms with E-state index in [9.17, 15) is 9.90 Å². The first kappa shape index (κ1) is 19.7. The smallest absolute Gasteiger partial charge is 0.247 e. The van der Waals surface area contributed by atoms with Gasteiger partial charge < -0.3 is 19.7 Å². The molecule has 0 saturated carbocycles. The van der Waals surface area contributed by atoms with Crippen LogP contribution in [-0.2, 0) is 0 Å². The lowest BCUT2D eigenvalue weighted by molar-refractivity contribution is 0.0699. The number of ether oxygens (including phenoxy) is 1. The Morgan fingerprint density at radius 3 is 2.45 bits per heavy atom. The number of hydrogen-bond acceptors (Lipinski definition) is 4. The summed E-state index contributed by atoms with van der Waals surface area (Å²) < 4.78 is 6.03. The predicted molar refractivity (Wildman–Crippen MR) is 116 cm³/mol. The summed E-state index contributed by atoms with van der Waals surface area (Å²) in [7, 11) is 0. The molecule has 29 heavy (non-hydrogen) atoms. The van der Waals surface area contributed by atoms with Crippen LogP contribution in [0, 0.1) is 0 Å². The molecule has 0 spiro atoms. The third-order valence-electron chi connectivity index (χ3n) is 5.58. The molecular weight excluding hydrogens is 364 g/mol. The van der Waals surface area contributed by atoms with Crippen LogP contribution in [0.15, 0.2) is 59.5 Å². The molecule has 4 rings (SSSR count). The van der Waals surface area contributed by atoms with E-state index in [-0.39, 0.29) is 12.2 Å². The lowest BCUT2D eigenvalue weighted by atomic mass is 9.99. The maximum Gasteiger partial charge on any atom is 0.247 e. The van der Waals surface area contributed by atoms with Gasteiger partial charge in [-0.05, 0) is 60.6 Å². The number of pyridine rings is 1. The first-order valence-corrected chi connectivity index (χ1v) is 10.4. The van der Waals surface area contributed by atoms with Gasteiger partial charge in [0.25, 0.3) is 0 Å². The molecule has 1 saturated heterocycles. The Labute approximate surface area is 170 Å². The van der Waals surface area contributed by atoms with Crippen molar-refractivity contribution in [3.8, 4) is 16.9 Å². The fourth-order valence-electron chi connectivity index (χ4n) is 4.08. The molecule has 1 aliphatic heterocycles. The summed E-state index contributed by atoms with van der Waals surface area (Å²) in [5.41, 5.74) is 1.87. The number of aromatic amines is 1. The van der Waals surface area contributed by atoms with Crippen molar-refractivity contribution in [2.75, 3.05) is 26.2 Å². The average molecular weight is 392 g/mol. The maximum atomic E-state index is 11.4. The summed E-state index contributed by atoms with van der Waals surface area (Å²) in [6.07, 6.45) is 6.23. The normalized spacial score (nSPS) is 16.4. The highest BCUT2D eigenvalue weighted by molar-refractivity contribution is 5.99. The lowest BCUT2D eigenvalue weighted by Gasteiger charge is -2.23. The summed E-state index contributed by atoms with van der Waals surface area (Å²) in [6.45, 7) is 3.06. The van der Waals surface area contributed by atoms with Crippen LogP contribution in [0.1, 0.15) is 25.7 Å². The van der Waals surface area contributed by atoms with E-state index in [1.807, 2.05) is 36.4 Å². The SMILES string of the molecule is O=c1ccc(-c2ccc(OCC(O)CN3CCCCCC3)c3ccccc23)c[nH]1.